The molecule has 0 aliphatic carbocycles. The fraction of sp³-hybridized carbons (Fsp3) is 0.0588. The van der Waals surface area contributed by atoms with Crippen LogP contribution in [0.4, 0.5) is 5.69 Å². The molecule has 0 saturated carbocycles. The second kappa shape index (κ2) is 4.75. The van der Waals surface area contributed by atoms with Gasteiger partial charge in [0.1, 0.15) is 6.10 Å². The number of fused-ring (bicyclic) bond motifs is 1. The summed E-state index contributed by atoms with van der Waals surface area (Å²) in [7, 11) is 0. The molecule has 1 unspecified atom stereocenters. The number of hydrogen-bond donors (Lipinski definition) is 2. The largest absolute Gasteiger partial charge is 0.399 e. The lowest BCUT2D eigenvalue weighted by Crippen LogP contribution is -1.99. The van der Waals surface area contributed by atoms with E-state index in [1.54, 1.807) is 12.1 Å². The van der Waals surface area contributed by atoms with Crippen LogP contribution in [-0.2, 0) is 0 Å². The van der Waals surface area contributed by atoms with Gasteiger partial charge in [0.25, 0.3) is 0 Å². The lowest BCUT2D eigenvalue weighted by Gasteiger charge is -2.12. The summed E-state index contributed by atoms with van der Waals surface area (Å²) in [6.45, 7) is 0. The fourth-order valence-electron chi connectivity index (χ4n) is 2.25. The molecule has 3 aromatic carbocycles. The molecule has 0 fully saturated rings. The van der Waals surface area contributed by atoms with Crippen molar-refractivity contribution in [3.63, 3.8) is 0 Å². The average Bonchev–Trinajstić information content (AvgIpc) is 2.47. The topological polar surface area (TPSA) is 46.2 Å². The summed E-state index contributed by atoms with van der Waals surface area (Å²) in [4.78, 5) is 0. The second-order valence-electron chi connectivity index (χ2n) is 4.68. The Bertz CT molecular complexity index is 704. The lowest BCUT2D eigenvalue weighted by molar-refractivity contribution is 0.220. The summed E-state index contributed by atoms with van der Waals surface area (Å²) in [6.07, 6.45) is -0.620. The zero-order valence-corrected chi connectivity index (χ0v) is 10.5. The van der Waals surface area contributed by atoms with Crippen molar-refractivity contribution in [2.45, 2.75) is 6.10 Å². The molecule has 3 aromatic rings. The van der Waals surface area contributed by atoms with E-state index in [0.29, 0.717) is 5.69 Å². The third kappa shape index (κ3) is 2.30. The summed E-state index contributed by atoms with van der Waals surface area (Å²) in [5.74, 6) is 0. The quantitative estimate of drug-likeness (QED) is 0.683. The molecule has 0 aliphatic heterocycles. The molecule has 0 aromatic heterocycles. The Labute approximate surface area is 112 Å². The van der Waals surface area contributed by atoms with Crippen LogP contribution in [0.1, 0.15) is 17.2 Å². The first kappa shape index (κ1) is 11.8. The van der Waals surface area contributed by atoms with E-state index in [1.807, 2.05) is 42.5 Å². The summed E-state index contributed by atoms with van der Waals surface area (Å²) in [6, 6.07) is 21.5. The highest BCUT2D eigenvalue weighted by molar-refractivity contribution is 5.83. The van der Waals surface area contributed by atoms with Crippen molar-refractivity contribution >= 4 is 16.5 Å². The van der Waals surface area contributed by atoms with Crippen LogP contribution in [0.15, 0.2) is 66.7 Å². The Hall–Kier alpha value is -2.32. The molecule has 0 aliphatic rings. The molecular weight excluding hydrogens is 234 g/mol. The molecule has 0 heterocycles. The minimum absolute atomic E-state index is 0.620. The minimum atomic E-state index is -0.620. The van der Waals surface area contributed by atoms with Crippen molar-refractivity contribution in [1.82, 2.24) is 0 Å². The van der Waals surface area contributed by atoms with E-state index in [2.05, 4.69) is 12.1 Å². The molecule has 0 radical (unpaired) electrons. The van der Waals surface area contributed by atoms with Gasteiger partial charge in [-0.1, -0.05) is 48.5 Å². The third-order valence-electron chi connectivity index (χ3n) is 3.34. The first-order valence-corrected chi connectivity index (χ1v) is 6.26. The monoisotopic (exact) mass is 249 g/mol. The minimum Gasteiger partial charge on any atom is -0.399 e. The Kier molecular flexibility index (Phi) is 2.94. The molecule has 1 atom stereocenters. The standard InChI is InChI=1S/C17H15NO/c18-16-9-7-13(8-10-16)17(19)15-6-5-12-3-1-2-4-14(12)11-15/h1-11,17,19H,18H2. The van der Waals surface area contributed by atoms with Crippen LogP contribution in [0, 0.1) is 0 Å². The van der Waals surface area contributed by atoms with Gasteiger partial charge in [0.05, 0.1) is 0 Å². The van der Waals surface area contributed by atoms with Gasteiger partial charge in [-0.2, -0.15) is 0 Å². The van der Waals surface area contributed by atoms with E-state index in [1.165, 1.54) is 5.39 Å². The van der Waals surface area contributed by atoms with Crippen LogP contribution < -0.4 is 5.73 Å². The number of nitrogens with two attached hydrogens (primary N) is 1. The normalized spacial score (nSPS) is 12.5. The molecule has 2 nitrogen and oxygen atoms in total. The highest BCUT2D eigenvalue weighted by atomic mass is 16.3. The van der Waals surface area contributed by atoms with E-state index in [9.17, 15) is 5.11 Å². The Morgan fingerprint density at radius 2 is 1.37 bits per heavy atom. The molecule has 3 N–H and O–H groups in total. The van der Waals surface area contributed by atoms with E-state index in [4.69, 9.17) is 5.73 Å². The van der Waals surface area contributed by atoms with Gasteiger partial charge in [0.15, 0.2) is 0 Å². The van der Waals surface area contributed by atoms with Crippen LogP contribution in [-0.4, -0.2) is 5.11 Å². The maximum Gasteiger partial charge on any atom is 0.104 e. The van der Waals surface area contributed by atoms with E-state index in [-0.39, 0.29) is 0 Å². The van der Waals surface area contributed by atoms with Gasteiger partial charge >= 0.3 is 0 Å². The van der Waals surface area contributed by atoms with Crippen molar-refractivity contribution in [1.29, 1.82) is 0 Å². The SMILES string of the molecule is Nc1ccc(C(O)c2ccc3ccccc3c2)cc1. The van der Waals surface area contributed by atoms with Crippen LogP contribution in [0.2, 0.25) is 0 Å². The predicted molar refractivity (Wildman–Crippen MR) is 78.9 cm³/mol. The number of nitrogen functional groups attached to an aromatic ring is 1. The van der Waals surface area contributed by atoms with Crippen LogP contribution in [0.25, 0.3) is 10.8 Å². The zero-order chi connectivity index (χ0) is 13.2. The smallest absolute Gasteiger partial charge is 0.104 e. The maximum absolute atomic E-state index is 10.4. The fourth-order valence-corrected chi connectivity index (χ4v) is 2.25. The number of anilines is 1. The average molecular weight is 249 g/mol. The third-order valence-corrected chi connectivity index (χ3v) is 3.34. The van der Waals surface area contributed by atoms with Crippen molar-refractivity contribution in [3.8, 4) is 0 Å². The van der Waals surface area contributed by atoms with Crippen molar-refractivity contribution in [3.05, 3.63) is 77.9 Å². The number of aliphatic hydroxyl groups is 1. The Morgan fingerprint density at radius 3 is 2.11 bits per heavy atom. The zero-order valence-electron chi connectivity index (χ0n) is 10.5. The molecule has 19 heavy (non-hydrogen) atoms. The molecule has 3 rings (SSSR count). The predicted octanol–water partition coefficient (Wildman–Crippen LogP) is 3.50. The van der Waals surface area contributed by atoms with Crippen LogP contribution in [0.5, 0.6) is 0 Å². The molecular formula is C17H15NO. The molecule has 0 spiro atoms. The number of aliphatic hydroxyl groups excluding tert-OH is 1. The van der Waals surface area contributed by atoms with Gasteiger partial charge in [-0.05, 0) is 40.1 Å². The molecule has 0 amide bonds. The van der Waals surface area contributed by atoms with Gasteiger partial charge in [-0.25, -0.2) is 0 Å². The summed E-state index contributed by atoms with van der Waals surface area (Å²) >= 11 is 0. The van der Waals surface area contributed by atoms with Gasteiger partial charge in [-0.3, -0.25) is 0 Å². The van der Waals surface area contributed by atoms with Gasteiger partial charge in [-0.15, -0.1) is 0 Å². The first-order chi connectivity index (χ1) is 9.24. The highest BCUT2D eigenvalue weighted by Gasteiger charge is 2.10. The van der Waals surface area contributed by atoms with E-state index < -0.39 is 6.10 Å². The lowest BCUT2D eigenvalue weighted by atomic mass is 9.98. The van der Waals surface area contributed by atoms with Gasteiger partial charge < -0.3 is 10.8 Å². The molecule has 0 saturated heterocycles. The van der Waals surface area contributed by atoms with E-state index >= 15 is 0 Å². The van der Waals surface area contributed by atoms with Gasteiger partial charge in [0.2, 0.25) is 0 Å². The van der Waals surface area contributed by atoms with Gasteiger partial charge in [0, 0.05) is 5.69 Å². The summed E-state index contributed by atoms with van der Waals surface area (Å²) < 4.78 is 0. The van der Waals surface area contributed by atoms with E-state index in [0.717, 1.165) is 16.5 Å². The van der Waals surface area contributed by atoms with Crippen molar-refractivity contribution in [2.75, 3.05) is 5.73 Å². The number of rotatable bonds is 2. The maximum atomic E-state index is 10.4. The van der Waals surface area contributed by atoms with Crippen molar-refractivity contribution in [2.24, 2.45) is 0 Å². The molecule has 2 heteroatoms. The number of benzene rings is 3. The first-order valence-electron chi connectivity index (χ1n) is 6.26. The van der Waals surface area contributed by atoms with Crippen molar-refractivity contribution < 1.29 is 5.11 Å². The summed E-state index contributed by atoms with van der Waals surface area (Å²) in [5, 5.41) is 12.7. The highest BCUT2D eigenvalue weighted by Crippen LogP contribution is 2.25. The summed E-state index contributed by atoms with van der Waals surface area (Å²) in [5.41, 5.74) is 8.10. The van der Waals surface area contributed by atoms with Crippen LogP contribution in [0.3, 0.4) is 0 Å². The Morgan fingerprint density at radius 1 is 0.737 bits per heavy atom. The number of hydrogen-bond acceptors (Lipinski definition) is 2. The Balaban J connectivity index is 2.01. The molecule has 0 bridgehead atoms. The molecule has 94 valence electrons. The second-order valence-corrected chi connectivity index (χ2v) is 4.68. The van der Waals surface area contributed by atoms with Crippen LogP contribution >= 0.6 is 0 Å².